The van der Waals surface area contributed by atoms with E-state index < -0.39 is 0 Å². The summed E-state index contributed by atoms with van der Waals surface area (Å²) in [6, 6.07) is 2.13. The maximum absolute atomic E-state index is 12.3. The van der Waals surface area contributed by atoms with E-state index in [0.717, 1.165) is 25.9 Å². The van der Waals surface area contributed by atoms with E-state index in [4.69, 9.17) is 4.74 Å². The number of likely N-dealkylation sites (tertiary alicyclic amines) is 1. The van der Waals surface area contributed by atoms with Crippen LogP contribution in [0.2, 0.25) is 0 Å². The highest BCUT2D eigenvalue weighted by Crippen LogP contribution is 2.12. The minimum absolute atomic E-state index is 0.129. The van der Waals surface area contributed by atoms with Crippen LogP contribution in [0.1, 0.15) is 19.8 Å². The minimum Gasteiger partial charge on any atom is -0.450 e. The molecule has 0 aromatic heterocycles. The van der Waals surface area contributed by atoms with Crippen molar-refractivity contribution in [3.8, 4) is 6.07 Å². The summed E-state index contributed by atoms with van der Waals surface area (Å²) in [7, 11) is 0. The second-order valence-electron chi connectivity index (χ2n) is 5.84. The van der Waals surface area contributed by atoms with E-state index in [9.17, 15) is 14.9 Å². The smallest absolute Gasteiger partial charge is 0.409 e. The number of ether oxygens (including phenoxy) is 1. The number of hydrogen-bond acceptors (Lipinski definition) is 6. The van der Waals surface area contributed by atoms with Crippen molar-refractivity contribution in [2.45, 2.75) is 25.8 Å². The monoisotopic (exact) mass is 335 g/mol. The van der Waals surface area contributed by atoms with Crippen molar-refractivity contribution < 1.29 is 14.3 Å². The van der Waals surface area contributed by atoms with Crippen LogP contribution in [0, 0.1) is 11.3 Å². The highest BCUT2D eigenvalue weighted by molar-refractivity contribution is 5.97. The standard InChI is InChI=1S/C16H25N5O3/c1-2-24-16(23)21-7-3-14(4-8-21)19-12-13(11-17)15(22)20-9-5-18-6-10-20/h12,14,18-19H,2-10H2,1H3/b13-12-. The molecule has 2 fully saturated rings. The molecule has 0 bridgehead atoms. The van der Waals surface area contributed by atoms with E-state index >= 15 is 0 Å². The molecule has 132 valence electrons. The number of hydrogen-bond donors (Lipinski definition) is 2. The number of carbonyl (C=O) groups excluding carboxylic acids is 2. The highest BCUT2D eigenvalue weighted by atomic mass is 16.6. The lowest BCUT2D eigenvalue weighted by Gasteiger charge is -2.31. The summed E-state index contributed by atoms with van der Waals surface area (Å²) in [4.78, 5) is 27.3. The number of nitriles is 1. The summed E-state index contributed by atoms with van der Waals surface area (Å²) in [6.07, 6.45) is 2.76. The lowest BCUT2D eigenvalue weighted by Crippen LogP contribution is -2.47. The SMILES string of the molecule is CCOC(=O)N1CCC(N/C=C(/C#N)C(=O)N2CCNCC2)CC1. The maximum atomic E-state index is 12.3. The predicted molar refractivity (Wildman–Crippen MR) is 87.9 cm³/mol. The van der Waals surface area contributed by atoms with E-state index in [1.165, 1.54) is 6.20 Å². The second kappa shape index (κ2) is 9.13. The Bertz CT molecular complexity index is 514. The Labute approximate surface area is 142 Å². The molecule has 0 spiro atoms. The molecule has 0 aliphatic carbocycles. The zero-order valence-corrected chi connectivity index (χ0v) is 14.1. The van der Waals surface area contributed by atoms with Crippen LogP contribution in [0.15, 0.2) is 11.8 Å². The van der Waals surface area contributed by atoms with Crippen molar-refractivity contribution in [1.82, 2.24) is 20.4 Å². The Hall–Kier alpha value is -2.27. The zero-order valence-electron chi connectivity index (χ0n) is 14.1. The van der Waals surface area contributed by atoms with Gasteiger partial charge in [0.05, 0.1) is 6.61 Å². The molecule has 2 amide bonds. The average molecular weight is 335 g/mol. The summed E-state index contributed by atoms with van der Waals surface area (Å²) in [5.41, 5.74) is 0.129. The summed E-state index contributed by atoms with van der Waals surface area (Å²) in [5, 5.41) is 15.6. The number of amides is 2. The molecule has 0 saturated carbocycles. The van der Waals surface area contributed by atoms with Gasteiger partial charge in [0.15, 0.2) is 0 Å². The first-order chi connectivity index (χ1) is 11.7. The van der Waals surface area contributed by atoms with Crippen LogP contribution in [0.3, 0.4) is 0 Å². The summed E-state index contributed by atoms with van der Waals surface area (Å²) >= 11 is 0. The zero-order chi connectivity index (χ0) is 17.4. The molecule has 0 unspecified atom stereocenters. The first-order valence-electron chi connectivity index (χ1n) is 8.43. The Morgan fingerprint density at radius 3 is 2.50 bits per heavy atom. The topological polar surface area (TPSA) is 97.7 Å². The molecule has 8 heteroatoms. The molecule has 0 aromatic rings. The molecule has 2 heterocycles. The number of carbonyl (C=O) groups is 2. The van der Waals surface area contributed by atoms with Crippen molar-refractivity contribution in [2.24, 2.45) is 0 Å². The van der Waals surface area contributed by atoms with E-state index in [1.807, 2.05) is 6.07 Å². The second-order valence-corrected chi connectivity index (χ2v) is 5.84. The third kappa shape index (κ3) is 4.86. The third-order valence-corrected chi connectivity index (χ3v) is 4.24. The van der Waals surface area contributed by atoms with Gasteiger partial charge in [-0.05, 0) is 19.8 Å². The molecule has 8 nitrogen and oxygen atoms in total. The fourth-order valence-corrected chi connectivity index (χ4v) is 2.82. The highest BCUT2D eigenvalue weighted by Gasteiger charge is 2.24. The average Bonchev–Trinajstić information content (AvgIpc) is 2.63. The molecule has 24 heavy (non-hydrogen) atoms. The summed E-state index contributed by atoms with van der Waals surface area (Å²) < 4.78 is 4.99. The normalized spacial score (nSPS) is 19.6. The van der Waals surface area contributed by atoms with Crippen molar-refractivity contribution in [3.63, 3.8) is 0 Å². The third-order valence-electron chi connectivity index (χ3n) is 4.24. The quantitative estimate of drug-likeness (QED) is 0.556. The van der Waals surface area contributed by atoms with Gasteiger partial charge in [0, 0.05) is 51.5 Å². The Balaban J connectivity index is 1.82. The number of piperidine rings is 1. The fraction of sp³-hybridized carbons (Fsp3) is 0.688. The molecular formula is C16H25N5O3. The number of nitrogens with zero attached hydrogens (tertiary/aromatic N) is 3. The van der Waals surface area contributed by atoms with Crippen molar-refractivity contribution in [2.75, 3.05) is 45.9 Å². The van der Waals surface area contributed by atoms with Crippen molar-refractivity contribution >= 4 is 12.0 Å². The van der Waals surface area contributed by atoms with Crippen molar-refractivity contribution in [1.29, 1.82) is 5.26 Å². The molecule has 0 atom stereocenters. The van der Waals surface area contributed by atoms with E-state index in [2.05, 4.69) is 10.6 Å². The molecule has 2 rings (SSSR count). The van der Waals surface area contributed by atoms with Crippen molar-refractivity contribution in [3.05, 3.63) is 11.8 Å². The van der Waals surface area contributed by atoms with E-state index in [1.54, 1.807) is 16.7 Å². The lowest BCUT2D eigenvalue weighted by atomic mass is 10.1. The van der Waals surface area contributed by atoms with Gasteiger partial charge in [-0.2, -0.15) is 5.26 Å². The van der Waals surface area contributed by atoms with Gasteiger partial charge in [-0.15, -0.1) is 0 Å². The molecule has 2 aliphatic heterocycles. The number of piperazine rings is 1. The predicted octanol–water partition coefficient (Wildman–Crippen LogP) is 0.0362. The molecule has 0 radical (unpaired) electrons. The van der Waals surface area contributed by atoms with Crippen LogP contribution in [-0.4, -0.2) is 73.7 Å². The van der Waals surface area contributed by atoms with Gasteiger partial charge < -0.3 is 25.2 Å². The molecule has 2 aliphatic rings. The molecule has 2 saturated heterocycles. The van der Waals surface area contributed by atoms with Crippen LogP contribution >= 0.6 is 0 Å². The van der Waals surface area contributed by atoms with Gasteiger partial charge in [0.25, 0.3) is 5.91 Å². The Morgan fingerprint density at radius 2 is 1.92 bits per heavy atom. The van der Waals surface area contributed by atoms with Crippen LogP contribution in [0.5, 0.6) is 0 Å². The van der Waals surface area contributed by atoms with Gasteiger partial charge in [0.1, 0.15) is 11.6 Å². The van der Waals surface area contributed by atoms with Gasteiger partial charge >= 0.3 is 6.09 Å². The van der Waals surface area contributed by atoms with Gasteiger partial charge in [-0.3, -0.25) is 4.79 Å². The van der Waals surface area contributed by atoms with Crippen LogP contribution < -0.4 is 10.6 Å². The fourth-order valence-electron chi connectivity index (χ4n) is 2.82. The summed E-state index contributed by atoms with van der Waals surface area (Å²) in [5.74, 6) is -0.226. The van der Waals surface area contributed by atoms with Crippen LogP contribution in [0.25, 0.3) is 0 Å². The summed E-state index contributed by atoms with van der Waals surface area (Å²) in [6.45, 7) is 6.13. The van der Waals surface area contributed by atoms with Crippen LogP contribution in [0.4, 0.5) is 4.79 Å². The van der Waals surface area contributed by atoms with E-state index in [0.29, 0.717) is 32.8 Å². The maximum Gasteiger partial charge on any atom is 0.409 e. The first-order valence-corrected chi connectivity index (χ1v) is 8.43. The minimum atomic E-state index is -0.280. The van der Waals surface area contributed by atoms with Gasteiger partial charge in [-0.1, -0.05) is 0 Å². The first kappa shape index (κ1) is 18.1. The van der Waals surface area contributed by atoms with Gasteiger partial charge in [0.2, 0.25) is 0 Å². The molecule has 2 N–H and O–H groups in total. The number of rotatable bonds is 4. The largest absolute Gasteiger partial charge is 0.450 e. The number of nitrogens with one attached hydrogen (secondary N) is 2. The van der Waals surface area contributed by atoms with E-state index in [-0.39, 0.29) is 23.6 Å². The molecular weight excluding hydrogens is 310 g/mol. The Kier molecular flexibility index (Phi) is 6.88. The lowest BCUT2D eigenvalue weighted by molar-refractivity contribution is -0.127. The Morgan fingerprint density at radius 1 is 1.25 bits per heavy atom. The molecule has 0 aromatic carbocycles. The van der Waals surface area contributed by atoms with Crippen LogP contribution in [-0.2, 0) is 9.53 Å². The van der Waals surface area contributed by atoms with Gasteiger partial charge in [-0.25, -0.2) is 4.79 Å².